The molecule has 5 nitrogen and oxygen atoms in total. The summed E-state index contributed by atoms with van der Waals surface area (Å²) in [6.45, 7) is 1.89. The molecule has 0 aliphatic heterocycles. The fourth-order valence-corrected chi connectivity index (χ4v) is 0.987. The van der Waals surface area contributed by atoms with E-state index in [2.05, 4.69) is 21.2 Å². The highest BCUT2D eigenvalue weighted by Crippen LogP contribution is 2.09. The molecule has 0 radical (unpaired) electrons. The number of anilines is 2. The minimum Gasteiger partial charge on any atom is -0.391 e. The average molecular weight is 192 g/mol. The lowest BCUT2D eigenvalue weighted by molar-refractivity contribution is 0.820. The van der Waals surface area contributed by atoms with Crippen molar-refractivity contribution in [1.82, 2.24) is 9.97 Å². The number of hydrogen-bond donors (Lipinski definition) is 3. The van der Waals surface area contributed by atoms with Crippen LogP contribution in [0, 0.1) is 12.3 Å². The van der Waals surface area contributed by atoms with Gasteiger partial charge in [-0.2, -0.15) is 0 Å². The Morgan fingerprint density at radius 1 is 1.86 bits per heavy atom. The van der Waals surface area contributed by atoms with E-state index in [1.54, 1.807) is 0 Å². The molecule has 0 aliphatic carbocycles. The number of H-pyrrole nitrogens is 1. The summed E-state index contributed by atoms with van der Waals surface area (Å²) >= 11 is 0. The first-order valence-corrected chi connectivity index (χ1v) is 4.18. The van der Waals surface area contributed by atoms with E-state index in [9.17, 15) is 4.79 Å². The summed E-state index contributed by atoms with van der Waals surface area (Å²) in [5.41, 5.74) is 5.24. The van der Waals surface area contributed by atoms with Gasteiger partial charge in [-0.1, -0.05) is 0 Å². The number of nitrogens with one attached hydrogen (secondary N) is 2. The lowest BCUT2D eigenvalue weighted by atomic mass is 10.2. The summed E-state index contributed by atoms with van der Waals surface area (Å²) in [4.78, 5) is 17.4. The molecule has 0 aliphatic rings. The first-order chi connectivity index (χ1) is 6.65. The number of terminal acetylenes is 1. The smallest absolute Gasteiger partial charge is 0.276 e. The summed E-state index contributed by atoms with van der Waals surface area (Å²) in [6, 6.07) is 0.0385. The van der Waals surface area contributed by atoms with Crippen molar-refractivity contribution in [2.45, 2.75) is 19.4 Å². The molecule has 1 rings (SSSR count). The minimum atomic E-state index is -0.351. The van der Waals surface area contributed by atoms with Gasteiger partial charge in [-0.25, -0.2) is 4.98 Å². The van der Waals surface area contributed by atoms with Crippen molar-refractivity contribution < 1.29 is 0 Å². The zero-order chi connectivity index (χ0) is 10.6. The molecule has 14 heavy (non-hydrogen) atoms. The van der Waals surface area contributed by atoms with Crippen LogP contribution in [0.1, 0.15) is 13.3 Å². The summed E-state index contributed by atoms with van der Waals surface area (Å²) in [6.07, 6.45) is 6.99. The number of hydrogen-bond acceptors (Lipinski definition) is 4. The molecule has 5 heteroatoms. The molecule has 0 saturated carbocycles. The second-order valence-corrected chi connectivity index (χ2v) is 2.95. The predicted molar refractivity (Wildman–Crippen MR) is 55.8 cm³/mol. The number of rotatable bonds is 3. The highest BCUT2D eigenvalue weighted by atomic mass is 16.1. The lowest BCUT2D eigenvalue weighted by Gasteiger charge is -2.12. The molecular formula is C9H12N4O. The van der Waals surface area contributed by atoms with E-state index in [1.807, 2.05) is 6.92 Å². The van der Waals surface area contributed by atoms with Crippen molar-refractivity contribution in [1.29, 1.82) is 0 Å². The van der Waals surface area contributed by atoms with Crippen LogP contribution in [-0.2, 0) is 0 Å². The average Bonchev–Trinajstić information content (AvgIpc) is 2.13. The van der Waals surface area contributed by atoms with Gasteiger partial charge in [0.1, 0.15) is 5.69 Å². The van der Waals surface area contributed by atoms with E-state index in [0.29, 0.717) is 12.2 Å². The van der Waals surface area contributed by atoms with Gasteiger partial charge in [0.2, 0.25) is 0 Å². The Bertz CT molecular complexity index is 404. The second-order valence-electron chi connectivity index (χ2n) is 2.95. The third kappa shape index (κ3) is 2.26. The maximum Gasteiger partial charge on any atom is 0.276 e. The number of nitrogens with two attached hydrogens (primary N) is 1. The van der Waals surface area contributed by atoms with Gasteiger partial charge in [0, 0.05) is 12.5 Å². The quantitative estimate of drug-likeness (QED) is 0.596. The summed E-state index contributed by atoms with van der Waals surface area (Å²) < 4.78 is 0. The van der Waals surface area contributed by atoms with Crippen LogP contribution in [0.5, 0.6) is 0 Å². The third-order valence-electron chi connectivity index (χ3n) is 1.70. The van der Waals surface area contributed by atoms with Crippen molar-refractivity contribution in [3.05, 3.63) is 16.7 Å². The standard InChI is InChI=1S/C9H12N4O/c1-3-4-6(2)13-8-7(10)9(14)12-5-11-8/h1,5-6H,4,10H2,2H3,(H2,11,12,13,14). The van der Waals surface area contributed by atoms with Gasteiger partial charge < -0.3 is 16.0 Å². The van der Waals surface area contributed by atoms with E-state index < -0.39 is 0 Å². The first kappa shape index (κ1) is 10.1. The molecule has 1 aromatic rings. The lowest BCUT2D eigenvalue weighted by Crippen LogP contribution is -2.21. The van der Waals surface area contributed by atoms with Crippen LogP contribution in [0.15, 0.2) is 11.1 Å². The SMILES string of the molecule is C#CCC(C)Nc1nc[nH]c(=O)c1N. The Morgan fingerprint density at radius 2 is 2.57 bits per heavy atom. The molecule has 0 fully saturated rings. The molecule has 1 aromatic heterocycles. The molecule has 0 aromatic carbocycles. The van der Waals surface area contributed by atoms with Crippen molar-refractivity contribution in [3.63, 3.8) is 0 Å². The van der Waals surface area contributed by atoms with Crippen LogP contribution in [0.2, 0.25) is 0 Å². The van der Waals surface area contributed by atoms with E-state index in [-0.39, 0.29) is 17.3 Å². The molecule has 4 N–H and O–H groups in total. The van der Waals surface area contributed by atoms with Crippen molar-refractivity contribution >= 4 is 11.5 Å². The monoisotopic (exact) mass is 192 g/mol. The zero-order valence-corrected chi connectivity index (χ0v) is 7.87. The molecule has 0 amide bonds. The number of aromatic nitrogens is 2. The van der Waals surface area contributed by atoms with Crippen LogP contribution in [0.25, 0.3) is 0 Å². The Balaban J connectivity index is 2.83. The Kier molecular flexibility index (Phi) is 3.13. The van der Waals surface area contributed by atoms with Gasteiger partial charge >= 0.3 is 0 Å². The largest absolute Gasteiger partial charge is 0.391 e. The van der Waals surface area contributed by atoms with Crippen LogP contribution in [0.3, 0.4) is 0 Å². The summed E-state index contributed by atoms with van der Waals surface area (Å²) in [5.74, 6) is 2.88. The Morgan fingerprint density at radius 3 is 3.21 bits per heavy atom. The number of nitrogens with zero attached hydrogens (tertiary/aromatic N) is 1. The Hall–Kier alpha value is -1.96. The highest BCUT2D eigenvalue weighted by molar-refractivity contribution is 5.59. The fourth-order valence-electron chi connectivity index (χ4n) is 0.987. The molecule has 1 unspecified atom stereocenters. The number of aromatic amines is 1. The zero-order valence-electron chi connectivity index (χ0n) is 7.87. The highest BCUT2D eigenvalue weighted by Gasteiger charge is 2.06. The molecule has 0 bridgehead atoms. The van der Waals surface area contributed by atoms with Crippen molar-refractivity contribution in [3.8, 4) is 12.3 Å². The summed E-state index contributed by atoms with van der Waals surface area (Å²) in [7, 11) is 0. The number of nitrogen functional groups attached to an aromatic ring is 1. The van der Waals surface area contributed by atoms with Crippen molar-refractivity contribution in [2.24, 2.45) is 0 Å². The minimum absolute atomic E-state index is 0.0385. The van der Waals surface area contributed by atoms with Crippen LogP contribution in [0.4, 0.5) is 11.5 Å². The van der Waals surface area contributed by atoms with Gasteiger partial charge in [0.25, 0.3) is 5.56 Å². The normalized spacial score (nSPS) is 11.7. The van der Waals surface area contributed by atoms with Crippen LogP contribution >= 0.6 is 0 Å². The Labute approximate surface area is 81.7 Å². The molecule has 74 valence electrons. The topological polar surface area (TPSA) is 83.8 Å². The van der Waals surface area contributed by atoms with Crippen LogP contribution < -0.4 is 16.6 Å². The van der Waals surface area contributed by atoms with Gasteiger partial charge in [-0.15, -0.1) is 12.3 Å². The van der Waals surface area contributed by atoms with Gasteiger partial charge in [0.05, 0.1) is 6.33 Å². The van der Waals surface area contributed by atoms with Gasteiger partial charge in [-0.3, -0.25) is 4.79 Å². The van der Waals surface area contributed by atoms with E-state index in [4.69, 9.17) is 12.2 Å². The second kappa shape index (κ2) is 4.33. The first-order valence-electron chi connectivity index (χ1n) is 4.18. The molecule has 0 spiro atoms. The maximum atomic E-state index is 11.1. The molecule has 0 saturated heterocycles. The van der Waals surface area contributed by atoms with E-state index in [1.165, 1.54) is 6.33 Å². The molecule has 1 atom stereocenters. The fraction of sp³-hybridized carbons (Fsp3) is 0.333. The maximum absolute atomic E-state index is 11.1. The van der Waals surface area contributed by atoms with Gasteiger partial charge in [-0.05, 0) is 6.92 Å². The van der Waals surface area contributed by atoms with Crippen LogP contribution in [-0.4, -0.2) is 16.0 Å². The predicted octanol–water partition coefficient (Wildman–Crippen LogP) is 0.176. The summed E-state index contributed by atoms with van der Waals surface area (Å²) in [5, 5.41) is 2.95. The van der Waals surface area contributed by atoms with Gasteiger partial charge in [0.15, 0.2) is 5.82 Å². The third-order valence-corrected chi connectivity index (χ3v) is 1.70. The van der Waals surface area contributed by atoms with Crippen molar-refractivity contribution in [2.75, 3.05) is 11.1 Å². The molecular weight excluding hydrogens is 180 g/mol. The van der Waals surface area contributed by atoms with E-state index >= 15 is 0 Å². The van der Waals surface area contributed by atoms with E-state index in [0.717, 1.165) is 0 Å². The molecule has 1 heterocycles.